The molecule has 0 fully saturated rings. The minimum absolute atomic E-state index is 0.289. The van der Waals surface area contributed by atoms with Crippen LogP contribution in [0.4, 0.5) is 0 Å². The summed E-state index contributed by atoms with van der Waals surface area (Å²) in [5.41, 5.74) is 2.02. The minimum atomic E-state index is 0.289. The Bertz CT molecular complexity index is 958. The molecule has 4 rings (SSSR count). The standard InChI is InChI=1S/C15H9ClN4O2S/c1-8-17-12(7-23-8)13-6-11(19-21-13)15-18-14(20-22-15)9-2-4-10(16)5-3-9/h2-7H,1H3. The molecule has 0 atom stereocenters. The zero-order valence-electron chi connectivity index (χ0n) is 11.9. The molecule has 0 unspecified atom stereocenters. The summed E-state index contributed by atoms with van der Waals surface area (Å²) in [5, 5.41) is 11.4. The van der Waals surface area contributed by atoms with Crippen LogP contribution in [0.1, 0.15) is 5.01 Å². The second-order valence-corrected chi connectivity index (χ2v) is 6.26. The fourth-order valence-corrected chi connectivity index (χ4v) is 2.75. The first-order valence-corrected chi connectivity index (χ1v) is 7.94. The maximum absolute atomic E-state index is 5.87. The van der Waals surface area contributed by atoms with Crippen molar-refractivity contribution in [3.63, 3.8) is 0 Å². The summed E-state index contributed by atoms with van der Waals surface area (Å²) >= 11 is 7.42. The molecule has 0 bridgehead atoms. The van der Waals surface area contributed by atoms with Gasteiger partial charge in [-0.1, -0.05) is 21.9 Å². The van der Waals surface area contributed by atoms with Crippen molar-refractivity contribution in [1.82, 2.24) is 20.3 Å². The molecule has 8 heteroatoms. The van der Waals surface area contributed by atoms with Gasteiger partial charge in [-0.2, -0.15) is 4.98 Å². The molecule has 0 saturated carbocycles. The van der Waals surface area contributed by atoms with Gasteiger partial charge in [0.25, 0.3) is 5.89 Å². The fourth-order valence-electron chi connectivity index (χ4n) is 2.02. The van der Waals surface area contributed by atoms with E-state index in [4.69, 9.17) is 20.6 Å². The summed E-state index contributed by atoms with van der Waals surface area (Å²) in [6, 6.07) is 8.91. The molecule has 3 heterocycles. The first kappa shape index (κ1) is 14.1. The average Bonchev–Trinajstić information content (AvgIpc) is 3.27. The monoisotopic (exact) mass is 344 g/mol. The van der Waals surface area contributed by atoms with Crippen LogP contribution >= 0.6 is 22.9 Å². The molecule has 0 aliphatic carbocycles. The van der Waals surface area contributed by atoms with Crippen molar-refractivity contribution in [2.45, 2.75) is 6.92 Å². The Morgan fingerprint density at radius 1 is 1.00 bits per heavy atom. The van der Waals surface area contributed by atoms with Gasteiger partial charge in [0.05, 0.1) is 5.01 Å². The zero-order valence-corrected chi connectivity index (χ0v) is 13.4. The van der Waals surface area contributed by atoms with Gasteiger partial charge in [-0.25, -0.2) is 4.98 Å². The van der Waals surface area contributed by atoms with Crippen molar-refractivity contribution in [1.29, 1.82) is 0 Å². The second kappa shape index (κ2) is 5.60. The molecule has 0 spiro atoms. The first-order chi connectivity index (χ1) is 11.2. The molecule has 23 heavy (non-hydrogen) atoms. The fraction of sp³-hybridized carbons (Fsp3) is 0.0667. The SMILES string of the molecule is Cc1nc(-c2cc(-c3nc(-c4ccc(Cl)cc4)no3)no2)cs1. The van der Waals surface area contributed by atoms with Crippen LogP contribution in [0.25, 0.3) is 34.4 Å². The third-order valence-electron chi connectivity index (χ3n) is 3.13. The highest BCUT2D eigenvalue weighted by Gasteiger charge is 2.17. The second-order valence-electron chi connectivity index (χ2n) is 4.76. The Morgan fingerprint density at radius 3 is 2.57 bits per heavy atom. The van der Waals surface area contributed by atoms with Gasteiger partial charge >= 0.3 is 0 Å². The highest BCUT2D eigenvalue weighted by Crippen LogP contribution is 2.27. The summed E-state index contributed by atoms with van der Waals surface area (Å²) in [7, 11) is 0. The van der Waals surface area contributed by atoms with Gasteiger partial charge in [-0.15, -0.1) is 11.3 Å². The predicted molar refractivity (Wildman–Crippen MR) is 86.1 cm³/mol. The maximum Gasteiger partial charge on any atom is 0.280 e. The molecular weight excluding hydrogens is 336 g/mol. The van der Waals surface area contributed by atoms with Crippen LogP contribution in [0.15, 0.2) is 44.8 Å². The van der Waals surface area contributed by atoms with E-state index >= 15 is 0 Å². The quantitative estimate of drug-likeness (QED) is 0.545. The Hall–Kier alpha value is -2.51. The number of benzene rings is 1. The number of thiazole rings is 1. The summed E-state index contributed by atoms with van der Waals surface area (Å²) in [6.45, 7) is 1.93. The van der Waals surface area contributed by atoms with Crippen LogP contribution in [-0.4, -0.2) is 20.3 Å². The van der Waals surface area contributed by atoms with Gasteiger partial charge in [0, 0.05) is 22.0 Å². The topological polar surface area (TPSA) is 77.8 Å². The Morgan fingerprint density at radius 2 is 1.83 bits per heavy atom. The van der Waals surface area contributed by atoms with Crippen LogP contribution in [0.5, 0.6) is 0 Å². The van der Waals surface area contributed by atoms with E-state index in [1.807, 2.05) is 24.4 Å². The third kappa shape index (κ3) is 2.76. The van der Waals surface area contributed by atoms with Crippen molar-refractivity contribution < 1.29 is 9.05 Å². The van der Waals surface area contributed by atoms with E-state index in [1.54, 1.807) is 29.5 Å². The van der Waals surface area contributed by atoms with Crippen LogP contribution in [0, 0.1) is 6.92 Å². The Kier molecular flexibility index (Phi) is 3.44. The zero-order chi connectivity index (χ0) is 15.8. The molecule has 0 amide bonds. The van der Waals surface area contributed by atoms with Crippen molar-refractivity contribution in [3.8, 4) is 34.4 Å². The number of aryl methyl sites for hydroxylation is 1. The molecule has 0 radical (unpaired) electrons. The lowest BCUT2D eigenvalue weighted by Crippen LogP contribution is -1.80. The van der Waals surface area contributed by atoms with Gasteiger partial charge < -0.3 is 9.05 Å². The van der Waals surface area contributed by atoms with E-state index in [0.717, 1.165) is 16.3 Å². The van der Waals surface area contributed by atoms with E-state index in [-0.39, 0.29) is 5.89 Å². The van der Waals surface area contributed by atoms with Gasteiger partial charge in [-0.3, -0.25) is 0 Å². The van der Waals surface area contributed by atoms with E-state index in [9.17, 15) is 0 Å². The third-order valence-corrected chi connectivity index (χ3v) is 4.15. The smallest absolute Gasteiger partial charge is 0.280 e. The molecule has 0 saturated heterocycles. The Balaban J connectivity index is 1.64. The van der Waals surface area contributed by atoms with Crippen LogP contribution in [0.3, 0.4) is 0 Å². The first-order valence-electron chi connectivity index (χ1n) is 6.68. The van der Waals surface area contributed by atoms with E-state index < -0.39 is 0 Å². The molecule has 0 N–H and O–H groups in total. The summed E-state index contributed by atoms with van der Waals surface area (Å²) in [4.78, 5) is 8.69. The number of hydrogen-bond acceptors (Lipinski definition) is 7. The lowest BCUT2D eigenvalue weighted by atomic mass is 10.2. The molecule has 0 aliphatic heterocycles. The van der Waals surface area contributed by atoms with Crippen molar-refractivity contribution >= 4 is 22.9 Å². The highest BCUT2D eigenvalue weighted by atomic mass is 35.5. The van der Waals surface area contributed by atoms with Crippen molar-refractivity contribution in [3.05, 3.63) is 45.7 Å². The lowest BCUT2D eigenvalue weighted by molar-refractivity contribution is 0.411. The van der Waals surface area contributed by atoms with Crippen molar-refractivity contribution in [2.24, 2.45) is 0 Å². The van der Waals surface area contributed by atoms with Crippen LogP contribution < -0.4 is 0 Å². The molecule has 114 valence electrons. The number of halogens is 1. The van der Waals surface area contributed by atoms with E-state index in [2.05, 4.69) is 20.3 Å². The normalized spacial score (nSPS) is 11.0. The molecule has 1 aromatic carbocycles. The molecule has 6 nitrogen and oxygen atoms in total. The van der Waals surface area contributed by atoms with Gasteiger partial charge in [0.2, 0.25) is 5.82 Å². The van der Waals surface area contributed by atoms with Crippen molar-refractivity contribution in [2.75, 3.05) is 0 Å². The summed E-state index contributed by atoms with van der Waals surface area (Å²) in [5.74, 6) is 1.32. The number of aromatic nitrogens is 4. The average molecular weight is 345 g/mol. The van der Waals surface area contributed by atoms with Gasteiger partial charge in [-0.05, 0) is 31.2 Å². The highest BCUT2D eigenvalue weighted by molar-refractivity contribution is 7.09. The molecule has 0 aliphatic rings. The summed E-state index contributed by atoms with van der Waals surface area (Å²) < 4.78 is 10.6. The van der Waals surface area contributed by atoms with E-state index in [0.29, 0.717) is 22.3 Å². The maximum atomic E-state index is 5.87. The Labute approximate surface area is 139 Å². The molecular formula is C15H9ClN4O2S. The lowest BCUT2D eigenvalue weighted by Gasteiger charge is -1.92. The van der Waals surface area contributed by atoms with Gasteiger partial charge in [0.1, 0.15) is 5.69 Å². The van der Waals surface area contributed by atoms with E-state index in [1.165, 1.54) is 0 Å². The van der Waals surface area contributed by atoms with Crippen LogP contribution in [0.2, 0.25) is 5.02 Å². The minimum Gasteiger partial charge on any atom is -0.354 e. The predicted octanol–water partition coefficient (Wildman–Crippen LogP) is 4.48. The van der Waals surface area contributed by atoms with Crippen LogP contribution in [-0.2, 0) is 0 Å². The number of hydrogen-bond donors (Lipinski definition) is 0. The number of rotatable bonds is 3. The molecule has 4 aromatic rings. The summed E-state index contributed by atoms with van der Waals surface area (Å²) in [6.07, 6.45) is 0. The number of nitrogens with zero attached hydrogens (tertiary/aromatic N) is 4. The largest absolute Gasteiger partial charge is 0.354 e. The van der Waals surface area contributed by atoms with Gasteiger partial charge in [0.15, 0.2) is 11.5 Å². The molecule has 3 aromatic heterocycles.